The zero-order chi connectivity index (χ0) is 9.10. The minimum absolute atomic E-state index is 0.275. The van der Waals surface area contributed by atoms with Crippen molar-refractivity contribution in [2.75, 3.05) is 19.8 Å². The Morgan fingerprint density at radius 3 is 3.23 bits per heavy atom. The summed E-state index contributed by atoms with van der Waals surface area (Å²) in [4.78, 5) is 4.18. The molecule has 0 aliphatic carbocycles. The molecule has 0 unspecified atom stereocenters. The van der Waals surface area contributed by atoms with Crippen LogP contribution in [0.15, 0.2) is 22.9 Å². The minimum Gasteiger partial charge on any atom is -0.378 e. The predicted octanol–water partition coefficient (Wildman–Crippen LogP) is 1.50. The Morgan fingerprint density at radius 2 is 2.54 bits per heavy atom. The third-order valence-corrected chi connectivity index (χ3v) is 2.75. The van der Waals surface area contributed by atoms with E-state index < -0.39 is 0 Å². The lowest BCUT2D eigenvalue weighted by Crippen LogP contribution is -2.34. The molecule has 1 aromatic rings. The summed E-state index contributed by atoms with van der Waals surface area (Å²) in [5.74, 6) is 0. The van der Waals surface area contributed by atoms with Gasteiger partial charge in [-0.05, 0) is 22.0 Å². The molecule has 70 valence electrons. The summed E-state index contributed by atoms with van der Waals surface area (Å²) in [5.41, 5.74) is 1.17. The molecule has 0 aromatic carbocycles. The molecule has 2 rings (SSSR count). The first-order chi connectivity index (χ1) is 6.38. The number of rotatable bonds is 1. The molecular formula is C9H11BrN2O. The molecule has 0 spiro atoms. The maximum absolute atomic E-state index is 5.38. The summed E-state index contributed by atoms with van der Waals surface area (Å²) < 4.78 is 6.28. The highest BCUT2D eigenvalue weighted by molar-refractivity contribution is 9.10. The van der Waals surface area contributed by atoms with Gasteiger partial charge in [-0.2, -0.15) is 0 Å². The van der Waals surface area contributed by atoms with Gasteiger partial charge in [-0.1, -0.05) is 6.07 Å². The Hall–Kier alpha value is -0.450. The molecule has 1 fully saturated rings. The van der Waals surface area contributed by atoms with Crippen LogP contribution in [0, 0.1) is 0 Å². The van der Waals surface area contributed by atoms with Crippen molar-refractivity contribution in [3.63, 3.8) is 0 Å². The first kappa shape index (κ1) is 9.12. The largest absolute Gasteiger partial charge is 0.378 e. The second-order valence-corrected chi connectivity index (χ2v) is 3.72. The fourth-order valence-corrected chi connectivity index (χ4v) is 1.95. The third kappa shape index (κ3) is 2.07. The normalized spacial score (nSPS) is 23.0. The van der Waals surface area contributed by atoms with E-state index in [4.69, 9.17) is 4.74 Å². The molecule has 0 saturated carbocycles. The van der Waals surface area contributed by atoms with E-state index in [1.54, 1.807) is 6.20 Å². The number of halogens is 1. The van der Waals surface area contributed by atoms with Crippen LogP contribution in [-0.4, -0.2) is 24.7 Å². The van der Waals surface area contributed by atoms with Crippen molar-refractivity contribution >= 4 is 15.9 Å². The van der Waals surface area contributed by atoms with Gasteiger partial charge in [-0.3, -0.25) is 0 Å². The van der Waals surface area contributed by atoms with Gasteiger partial charge < -0.3 is 10.1 Å². The molecule has 1 saturated heterocycles. The maximum Gasteiger partial charge on any atom is 0.110 e. The maximum atomic E-state index is 5.38. The van der Waals surface area contributed by atoms with E-state index >= 15 is 0 Å². The fourth-order valence-electron chi connectivity index (χ4n) is 1.42. The van der Waals surface area contributed by atoms with Crippen LogP contribution in [0.4, 0.5) is 0 Å². The number of hydrogen-bond donors (Lipinski definition) is 1. The van der Waals surface area contributed by atoms with E-state index in [0.717, 1.165) is 24.4 Å². The summed E-state index contributed by atoms with van der Waals surface area (Å²) in [6.45, 7) is 2.44. The monoisotopic (exact) mass is 242 g/mol. The predicted molar refractivity (Wildman–Crippen MR) is 53.5 cm³/mol. The highest BCUT2D eigenvalue weighted by atomic mass is 79.9. The van der Waals surface area contributed by atoms with E-state index in [2.05, 4.69) is 32.3 Å². The Kier molecular flexibility index (Phi) is 2.93. The van der Waals surface area contributed by atoms with Gasteiger partial charge in [-0.25, -0.2) is 4.98 Å². The van der Waals surface area contributed by atoms with Crippen molar-refractivity contribution in [3.05, 3.63) is 28.5 Å². The molecule has 1 N–H and O–H groups in total. The smallest absolute Gasteiger partial charge is 0.110 e. The van der Waals surface area contributed by atoms with Crippen molar-refractivity contribution in [2.24, 2.45) is 0 Å². The molecule has 1 aromatic heterocycles. The van der Waals surface area contributed by atoms with Gasteiger partial charge in [-0.15, -0.1) is 0 Å². The molecule has 2 heterocycles. The quantitative estimate of drug-likeness (QED) is 0.759. The Balaban J connectivity index is 2.18. The van der Waals surface area contributed by atoms with Gasteiger partial charge in [0.2, 0.25) is 0 Å². The second-order valence-electron chi connectivity index (χ2n) is 2.97. The molecule has 13 heavy (non-hydrogen) atoms. The molecule has 1 atom stereocenters. The zero-order valence-electron chi connectivity index (χ0n) is 7.16. The average Bonchev–Trinajstić information content (AvgIpc) is 2.20. The van der Waals surface area contributed by atoms with Crippen LogP contribution in [0.1, 0.15) is 11.6 Å². The lowest BCUT2D eigenvalue weighted by atomic mass is 10.1. The van der Waals surface area contributed by atoms with Crippen LogP contribution in [0.5, 0.6) is 0 Å². The number of aromatic nitrogens is 1. The van der Waals surface area contributed by atoms with Crippen molar-refractivity contribution < 1.29 is 4.74 Å². The molecule has 1 aliphatic heterocycles. The first-order valence-corrected chi connectivity index (χ1v) is 5.09. The lowest BCUT2D eigenvalue weighted by Gasteiger charge is -2.24. The summed E-state index contributed by atoms with van der Waals surface area (Å²) in [7, 11) is 0. The van der Waals surface area contributed by atoms with Crippen LogP contribution in [0.3, 0.4) is 0 Å². The zero-order valence-corrected chi connectivity index (χ0v) is 8.75. The minimum atomic E-state index is 0.275. The SMILES string of the molecule is Brc1ncccc1[C@H]1COCCN1. The summed E-state index contributed by atoms with van der Waals surface area (Å²) >= 11 is 3.43. The number of hydrogen-bond acceptors (Lipinski definition) is 3. The fraction of sp³-hybridized carbons (Fsp3) is 0.444. The van der Waals surface area contributed by atoms with Gasteiger partial charge in [0, 0.05) is 18.3 Å². The van der Waals surface area contributed by atoms with Gasteiger partial charge in [0.25, 0.3) is 0 Å². The van der Waals surface area contributed by atoms with Crippen LogP contribution in [0.2, 0.25) is 0 Å². The van der Waals surface area contributed by atoms with E-state index in [1.807, 2.05) is 6.07 Å². The Bertz CT molecular complexity index is 287. The standard InChI is InChI=1S/C9H11BrN2O/c10-9-7(2-1-3-12-9)8-6-13-5-4-11-8/h1-3,8,11H,4-6H2/t8-/m1/s1. The summed E-state index contributed by atoms with van der Waals surface area (Å²) in [6.07, 6.45) is 1.78. The topological polar surface area (TPSA) is 34.1 Å². The van der Waals surface area contributed by atoms with Gasteiger partial charge >= 0.3 is 0 Å². The number of ether oxygens (including phenoxy) is 1. The van der Waals surface area contributed by atoms with Crippen molar-refractivity contribution in [2.45, 2.75) is 6.04 Å². The van der Waals surface area contributed by atoms with Gasteiger partial charge in [0.15, 0.2) is 0 Å². The number of nitrogens with one attached hydrogen (secondary N) is 1. The van der Waals surface area contributed by atoms with E-state index in [9.17, 15) is 0 Å². The molecule has 0 amide bonds. The van der Waals surface area contributed by atoms with Crippen LogP contribution in [-0.2, 0) is 4.74 Å². The van der Waals surface area contributed by atoms with Crippen molar-refractivity contribution in [1.82, 2.24) is 10.3 Å². The molecular weight excluding hydrogens is 232 g/mol. The Morgan fingerprint density at radius 1 is 1.62 bits per heavy atom. The van der Waals surface area contributed by atoms with Crippen molar-refractivity contribution in [3.8, 4) is 0 Å². The van der Waals surface area contributed by atoms with Crippen LogP contribution in [0.25, 0.3) is 0 Å². The number of pyridine rings is 1. The van der Waals surface area contributed by atoms with Crippen LogP contribution >= 0.6 is 15.9 Å². The summed E-state index contributed by atoms with van der Waals surface area (Å²) in [6, 6.07) is 4.27. The lowest BCUT2D eigenvalue weighted by molar-refractivity contribution is 0.0765. The van der Waals surface area contributed by atoms with E-state index in [0.29, 0.717) is 0 Å². The second kappa shape index (κ2) is 4.17. The number of morpholine rings is 1. The molecule has 3 nitrogen and oxygen atoms in total. The van der Waals surface area contributed by atoms with Gasteiger partial charge in [0.05, 0.1) is 19.3 Å². The molecule has 1 aliphatic rings. The first-order valence-electron chi connectivity index (χ1n) is 4.29. The van der Waals surface area contributed by atoms with E-state index in [-0.39, 0.29) is 6.04 Å². The highest BCUT2D eigenvalue weighted by Gasteiger charge is 2.17. The summed E-state index contributed by atoms with van der Waals surface area (Å²) in [5, 5.41) is 3.38. The molecule has 0 bridgehead atoms. The van der Waals surface area contributed by atoms with Gasteiger partial charge in [0.1, 0.15) is 4.60 Å². The van der Waals surface area contributed by atoms with Crippen molar-refractivity contribution in [1.29, 1.82) is 0 Å². The third-order valence-electron chi connectivity index (χ3n) is 2.09. The Labute approximate surface area is 85.6 Å². The number of nitrogens with zero attached hydrogens (tertiary/aromatic N) is 1. The molecule has 4 heteroatoms. The van der Waals surface area contributed by atoms with E-state index in [1.165, 1.54) is 5.56 Å². The van der Waals surface area contributed by atoms with Crippen LogP contribution < -0.4 is 5.32 Å². The molecule has 0 radical (unpaired) electrons. The average molecular weight is 243 g/mol. The highest BCUT2D eigenvalue weighted by Crippen LogP contribution is 2.22.